The van der Waals surface area contributed by atoms with Crippen molar-refractivity contribution < 1.29 is 4.79 Å². The number of carbonyl (C=O) groups excluding carboxylic acids is 1. The minimum atomic E-state index is -0.0771. The number of aromatic amines is 1. The molecule has 1 aromatic heterocycles. The minimum absolute atomic E-state index is 0.0771. The third-order valence-corrected chi connectivity index (χ3v) is 4.23. The van der Waals surface area contributed by atoms with Crippen LogP contribution in [-0.4, -0.2) is 40.6 Å². The molecular formula is C17H22N4O. The fraction of sp³-hybridized carbons (Fsp3) is 0.412. The van der Waals surface area contributed by atoms with Gasteiger partial charge in [0.15, 0.2) is 0 Å². The monoisotopic (exact) mass is 298 g/mol. The normalized spacial score (nSPS) is 17.1. The van der Waals surface area contributed by atoms with E-state index < -0.39 is 0 Å². The number of nitrogens with zero attached hydrogens (tertiary/aromatic N) is 2. The van der Waals surface area contributed by atoms with E-state index in [4.69, 9.17) is 0 Å². The Morgan fingerprint density at radius 3 is 2.68 bits per heavy atom. The lowest BCUT2D eigenvalue weighted by molar-refractivity contribution is 0.0924. The zero-order valence-electron chi connectivity index (χ0n) is 12.7. The zero-order chi connectivity index (χ0) is 15.2. The number of carbonyl (C=O) groups is 1. The van der Waals surface area contributed by atoms with Crippen molar-refractivity contribution in [2.45, 2.75) is 25.3 Å². The Morgan fingerprint density at radius 2 is 2.00 bits per heavy atom. The molecule has 2 aromatic rings. The highest BCUT2D eigenvalue weighted by Crippen LogP contribution is 2.24. The van der Waals surface area contributed by atoms with E-state index >= 15 is 0 Å². The molecule has 5 nitrogen and oxygen atoms in total. The summed E-state index contributed by atoms with van der Waals surface area (Å²) in [5.41, 5.74) is 1.84. The number of piperidine rings is 1. The molecule has 0 spiro atoms. The van der Waals surface area contributed by atoms with Gasteiger partial charge in [-0.3, -0.25) is 14.8 Å². The first-order valence-corrected chi connectivity index (χ1v) is 7.90. The van der Waals surface area contributed by atoms with Gasteiger partial charge in [-0.2, -0.15) is 5.10 Å². The Labute approximate surface area is 130 Å². The fourth-order valence-electron chi connectivity index (χ4n) is 3.03. The van der Waals surface area contributed by atoms with E-state index in [1.165, 1.54) is 24.8 Å². The standard InChI is InChI=1S/C17H22N4O/c22-17(15-11-19-20-12-15)18-13-16(14-7-3-1-4-8-14)21-9-5-2-6-10-21/h1,3-4,7-8,11-12,16H,2,5-6,9-10,13H2,(H,18,22)(H,19,20)/t16-/m0/s1. The lowest BCUT2D eigenvalue weighted by atomic mass is 10.0. The van der Waals surface area contributed by atoms with E-state index in [0.29, 0.717) is 12.1 Å². The van der Waals surface area contributed by atoms with Gasteiger partial charge in [0.1, 0.15) is 0 Å². The summed E-state index contributed by atoms with van der Waals surface area (Å²) in [6.45, 7) is 2.82. The Balaban J connectivity index is 1.69. The summed E-state index contributed by atoms with van der Waals surface area (Å²) in [4.78, 5) is 14.6. The number of hydrogen-bond donors (Lipinski definition) is 2. The lowest BCUT2D eigenvalue weighted by Gasteiger charge is -2.35. The molecule has 1 aliphatic rings. The number of nitrogens with one attached hydrogen (secondary N) is 2. The second-order valence-electron chi connectivity index (χ2n) is 5.72. The first-order valence-electron chi connectivity index (χ1n) is 7.90. The summed E-state index contributed by atoms with van der Waals surface area (Å²) >= 11 is 0. The fourth-order valence-corrected chi connectivity index (χ4v) is 3.03. The van der Waals surface area contributed by atoms with Gasteiger partial charge in [0.2, 0.25) is 0 Å². The van der Waals surface area contributed by atoms with Crippen LogP contribution in [0.25, 0.3) is 0 Å². The van der Waals surface area contributed by atoms with E-state index in [-0.39, 0.29) is 11.9 Å². The van der Waals surface area contributed by atoms with Gasteiger partial charge in [0.05, 0.1) is 17.8 Å². The summed E-state index contributed by atoms with van der Waals surface area (Å²) in [6, 6.07) is 10.7. The molecule has 0 saturated carbocycles. The summed E-state index contributed by atoms with van der Waals surface area (Å²) in [5.74, 6) is -0.0771. The van der Waals surface area contributed by atoms with Crippen molar-refractivity contribution in [3.05, 3.63) is 53.9 Å². The van der Waals surface area contributed by atoms with Crippen molar-refractivity contribution in [1.82, 2.24) is 20.4 Å². The van der Waals surface area contributed by atoms with Crippen LogP contribution in [-0.2, 0) is 0 Å². The van der Waals surface area contributed by atoms with Crippen molar-refractivity contribution in [3.8, 4) is 0 Å². The van der Waals surface area contributed by atoms with E-state index in [0.717, 1.165) is 13.1 Å². The molecule has 22 heavy (non-hydrogen) atoms. The molecule has 0 unspecified atom stereocenters. The molecule has 0 radical (unpaired) electrons. The zero-order valence-corrected chi connectivity index (χ0v) is 12.7. The number of likely N-dealkylation sites (tertiary alicyclic amines) is 1. The molecule has 0 bridgehead atoms. The molecule has 1 fully saturated rings. The third kappa shape index (κ3) is 3.54. The molecule has 5 heteroatoms. The molecule has 116 valence electrons. The van der Waals surface area contributed by atoms with Crippen LogP contribution < -0.4 is 5.32 Å². The Bertz CT molecular complexity index is 576. The molecule has 3 rings (SSSR count). The van der Waals surface area contributed by atoms with Gasteiger partial charge in [-0.25, -0.2) is 0 Å². The lowest BCUT2D eigenvalue weighted by Crippen LogP contribution is -2.40. The molecular weight excluding hydrogens is 276 g/mol. The highest BCUT2D eigenvalue weighted by atomic mass is 16.1. The van der Waals surface area contributed by atoms with Crippen LogP contribution in [0.15, 0.2) is 42.7 Å². The SMILES string of the molecule is O=C(NC[C@@H](c1ccccc1)N1CCCCC1)c1cn[nH]c1. The predicted molar refractivity (Wildman–Crippen MR) is 85.5 cm³/mol. The van der Waals surface area contributed by atoms with E-state index in [2.05, 4.69) is 44.7 Å². The number of amides is 1. The molecule has 1 saturated heterocycles. The van der Waals surface area contributed by atoms with Crippen molar-refractivity contribution in [2.75, 3.05) is 19.6 Å². The van der Waals surface area contributed by atoms with Gasteiger partial charge in [0, 0.05) is 12.7 Å². The van der Waals surface area contributed by atoms with E-state index in [1.807, 2.05) is 6.07 Å². The Kier molecular flexibility index (Phi) is 4.85. The Morgan fingerprint density at radius 1 is 1.23 bits per heavy atom. The summed E-state index contributed by atoms with van der Waals surface area (Å²) in [6.07, 6.45) is 6.94. The predicted octanol–water partition coefficient (Wildman–Crippen LogP) is 2.37. The molecule has 0 aliphatic carbocycles. The van der Waals surface area contributed by atoms with Gasteiger partial charge in [0.25, 0.3) is 5.91 Å². The first kappa shape index (κ1) is 14.8. The maximum atomic E-state index is 12.1. The number of rotatable bonds is 5. The van der Waals surface area contributed by atoms with Crippen molar-refractivity contribution in [3.63, 3.8) is 0 Å². The second-order valence-corrected chi connectivity index (χ2v) is 5.72. The maximum Gasteiger partial charge on any atom is 0.254 e. The molecule has 2 N–H and O–H groups in total. The summed E-state index contributed by atoms with van der Waals surface area (Å²) in [5, 5.41) is 9.53. The smallest absolute Gasteiger partial charge is 0.254 e. The van der Waals surface area contributed by atoms with Crippen molar-refractivity contribution in [1.29, 1.82) is 0 Å². The van der Waals surface area contributed by atoms with Crippen LogP contribution in [0.3, 0.4) is 0 Å². The summed E-state index contributed by atoms with van der Waals surface area (Å²) < 4.78 is 0. The van der Waals surface area contributed by atoms with Crippen LogP contribution in [0, 0.1) is 0 Å². The number of hydrogen-bond acceptors (Lipinski definition) is 3. The molecule has 2 heterocycles. The topological polar surface area (TPSA) is 61.0 Å². The highest BCUT2D eigenvalue weighted by Gasteiger charge is 2.22. The maximum absolute atomic E-state index is 12.1. The molecule has 1 aromatic carbocycles. The second kappa shape index (κ2) is 7.22. The number of benzene rings is 1. The minimum Gasteiger partial charge on any atom is -0.350 e. The van der Waals surface area contributed by atoms with Gasteiger partial charge in [-0.05, 0) is 31.5 Å². The van der Waals surface area contributed by atoms with Crippen LogP contribution >= 0.6 is 0 Å². The number of H-pyrrole nitrogens is 1. The van der Waals surface area contributed by atoms with Crippen LogP contribution in [0.4, 0.5) is 0 Å². The number of aromatic nitrogens is 2. The average Bonchev–Trinajstić information content (AvgIpc) is 3.11. The Hall–Kier alpha value is -2.14. The van der Waals surface area contributed by atoms with Gasteiger partial charge in [-0.1, -0.05) is 36.8 Å². The van der Waals surface area contributed by atoms with Gasteiger partial charge in [-0.15, -0.1) is 0 Å². The van der Waals surface area contributed by atoms with E-state index in [1.54, 1.807) is 12.4 Å². The quantitative estimate of drug-likeness (QED) is 0.891. The van der Waals surface area contributed by atoms with Crippen LogP contribution in [0.1, 0.15) is 41.2 Å². The molecule has 1 amide bonds. The van der Waals surface area contributed by atoms with Crippen LogP contribution in [0.2, 0.25) is 0 Å². The first-order chi connectivity index (χ1) is 10.8. The molecule has 1 aliphatic heterocycles. The summed E-state index contributed by atoms with van der Waals surface area (Å²) in [7, 11) is 0. The third-order valence-electron chi connectivity index (χ3n) is 4.23. The van der Waals surface area contributed by atoms with Crippen molar-refractivity contribution >= 4 is 5.91 Å². The van der Waals surface area contributed by atoms with Crippen LogP contribution in [0.5, 0.6) is 0 Å². The van der Waals surface area contributed by atoms with E-state index in [9.17, 15) is 4.79 Å². The molecule has 1 atom stereocenters. The highest BCUT2D eigenvalue weighted by molar-refractivity contribution is 5.93. The largest absolute Gasteiger partial charge is 0.350 e. The van der Waals surface area contributed by atoms with Gasteiger partial charge < -0.3 is 5.32 Å². The average molecular weight is 298 g/mol. The van der Waals surface area contributed by atoms with Crippen molar-refractivity contribution in [2.24, 2.45) is 0 Å². The van der Waals surface area contributed by atoms with Gasteiger partial charge >= 0.3 is 0 Å².